The molecule has 0 saturated carbocycles. The minimum Gasteiger partial charge on any atom is -0.462 e. The lowest BCUT2D eigenvalue weighted by atomic mass is 10.1. The predicted molar refractivity (Wildman–Crippen MR) is 96.0 cm³/mol. The number of carbonyl (C=O) groups is 2. The van der Waals surface area contributed by atoms with Gasteiger partial charge in [-0.1, -0.05) is 12.1 Å². The Morgan fingerprint density at radius 2 is 1.88 bits per heavy atom. The van der Waals surface area contributed by atoms with E-state index in [1.54, 1.807) is 50.2 Å². The molecular weight excluding hydrogens is 388 g/mol. The lowest BCUT2D eigenvalue weighted by Gasteiger charge is -2.06. The molecule has 3 rings (SSSR count). The Kier molecular flexibility index (Phi) is 4.90. The summed E-state index contributed by atoms with van der Waals surface area (Å²) in [5.74, 6) is -0.180. The number of rotatable bonds is 4. The zero-order valence-electron chi connectivity index (χ0n) is 13.7. The highest BCUT2D eigenvalue weighted by Gasteiger charge is 2.20. The number of hydrogen-bond donors (Lipinski definition) is 0. The van der Waals surface area contributed by atoms with Gasteiger partial charge in [-0.15, -0.1) is 0 Å². The van der Waals surface area contributed by atoms with Crippen molar-refractivity contribution in [3.8, 4) is 5.75 Å². The standard InChI is InChI=1S/C19H15BrO5/c1-3-23-19(22)17-11(2)24-16-9-8-12(10-14(16)17)25-18(21)13-6-4-5-7-15(13)20/h4-10H,3H2,1-2H3. The van der Waals surface area contributed by atoms with Gasteiger partial charge in [-0.25, -0.2) is 9.59 Å². The van der Waals surface area contributed by atoms with Crippen LogP contribution in [0.3, 0.4) is 0 Å². The number of benzene rings is 2. The van der Waals surface area contributed by atoms with Gasteiger partial charge < -0.3 is 13.9 Å². The summed E-state index contributed by atoms with van der Waals surface area (Å²) in [5.41, 5.74) is 1.29. The van der Waals surface area contributed by atoms with Crippen molar-refractivity contribution in [1.82, 2.24) is 0 Å². The van der Waals surface area contributed by atoms with Gasteiger partial charge in [0, 0.05) is 9.86 Å². The summed E-state index contributed by atoms with van der Waals surface area (Å²) in [7, 11) is 0. The number of fused-ring (bicyclic) bond motifs is 1. The molecule has 2 aromatic carbocycles. The second kappa shape index (κ2) is 7.11. The molecular formula is C19H15BrO5. The lowest BCUT2D eigenvalue weighted by molar-refractivity contribution is 0.0526. The fourth-order valence-corrected chi connectivity index (χ4v) is 2.95. The van der Waals surface area contributed by atoms with Crippen LogP contribution in [-0.4, -0.2) is 18.5 Å². The number of hydrogen-bond acceptors (Lipinski definition) is 5. The molecule has 5 nitrogen and oxygen atoms in total. The van der Waals surface area contributed by atoms with Crippen LogP contribution in [-0.2, 0) is 4.74 Å². The van der Waals surface area contributed by atoms with Crippen LogP contribution in [0.15, 0.2) is 51.4 Å². The zero-order valence-corrected chi connectivity index (χ0v) is 15.3. The van der Waals surface area contributed by atoms with Gasteiger partial charge in [0.2, 0.25) is 0 Å². The van der Waals surface area contributed by atoms with Crippen LogP contribution >= 0.6 is 15.9 Å². The third-order valence-corrected chi connectivity index (χ3v) is 4.31. The van der Waals surface area contributed by atoms with Crippen LogP contribution in [0, 0.1) is 6.92 Å². The molecule has 0 aliphatic carbocycles. The van der Waals surface area contributed by atoms with E-state index in [2.05, 4.69) is 15.9 Å². The van der Waals surface area contributed by atoms with Gasteiger partial charge in [-0.05, 0) is 60.1 Å². The first-order valence-electron chi connectivity index (χ1n) is 7.68. The van der Waals surface area contributed by atoms with Gasteiger partial charge in [-0.3, -0.25) is 0 Å². The van der Waals surface area contributed by atoms with Crippen LogP contribution in [0.2, 0.25) is 0 Å². The van der Waals surface area contributed by atoms with E-state index in [0.29, 0.717) is 38.1 Å². The summed E-state index contributed by atoms with van der Waals surface area (Å²) < 4.78 is 16.7. The van der Waals surface area contributed by atoms with E-state index in [-0.39, 0.29) is 6.61 Å². The van der Waals surface area contributed by atoms with Crippen LogP contribution in [0.25, 0.3) is 11.0 Å². The Hall–Kier alpha value is -2.60. The summed E-state index contributed by atoms with van der Waals surface area (Å²) >= 11 is 3.32. The molecule has 0 spiro atoms. The second-order valence-electron chi connectivity index (χ2n) is 5.28. The summed E-state index contributed by atoms with van der Waals surface area (Å²) in [6.45, 7) is 3.70. The van der Waals surface area contributed by atoms with Crippen molar-refractivity contribution in [2.75, 3.05) is 6.61 Å². The average Bonchev–Trinajstić information content (AvgIpc) is 2.90. The molecule has 0 unspecified atom stereocenters. The van der Waals surface area contributed by atoms with Crippen LogP contribution in [0.5, 0.6) is 5.75 Å². The van der Waals surface area contributed by atoms with Crippen molar-refractivity contribution in [2.24, 2.45) is 0 Å². The first-order chi connectivity index (χ1) is 12.0. The van der Waals surface area contributed by atoms with Crippen molar-refractivity contribution in [2.45, 2.75) is 13.8 Å². The molecule has 0 aliphatic heterocycles. The largest absolute Gasteiger partial charge is 0.462 e. The van der Waals surface area contributed by atoms with Gasteiger partial charge >= 0.3 is 11.9 Å². The lowest BCUT2D eigenvalue weighted by Crippen LogP contribution is -2.09. The minimum absolute atomic E-state index is 0.266. The van der Waals surface area contributed by atoms with E-state index in [9.17, 15) is 9.59 Å². The SMILES string of the molecule is CCOC(=O)c1c(C)oc2ccc(OC(=O)c3ccccc3Br)cc12. The maximum atomic E-state index is 12.3. The molecule has 1 aromatic heterocycles. The monoisotopic (exact) mass is 402 g/mol. The van der Waals surface area contributed by atoms with Crippen molar-refractivity contribution < 1.29 is 23.5 Å². The normalized spacial score (nSPS) is 10.7. The second-order valence-corrected chi connectivity index (χ2v) is 6.14. The van der Waals surface area contributed by atoms with Crippen molar-refractivity contribution >= 4 is 38.8 Å². The van der Waals surface area contributed by atoms with Gasteiger partial charge in [0.05, 0.1) is 12.2 Å². The molecule has 0 saturated heterocycles. The molecule has 1 heterocycles. The molecule has 6 heteroatoms. The smallest absolute Gasteiger partial charge is 0.344 e. The number of halogens is 1. The highest BCUT2D eigenvalue weighted by Crippen LogP contribution is 2.30. The van der Waals surface area contributed by atoms with Crippen molar-refractivity contribution in [3.63, 3.8) is 0 Å². The molecule has 0 amide bonds. The number of esters is 2. The Morgan fingerprint density at radius 1 is 1.12 bits per heavy atom. The summed E-state index contributed by atoms with van der Waals surface area (Å²) in [4.78, 5) is 24.5. The van der Waals surface area contributed by atoms with Gasteiger partial charge in [0.25, 0.3) is 0 Å². The molecule has 0 fully saturated rings. The maximum absolute atomic E-state index is 12.3. The Balaban J connectivity index is 1.95. The quantitative estimate of drug-likeness (QED) is 0.458. The fourth-order valence-electron chi connectivity index (χ4n) is 2.51. The molecule has 0 aliphatic rings. The van der Waals surface area contributed by atoms with Crippen LogP contribution < -0.4 is 4.74 Å². The minimum atomic E-state index is -0.496. The van der Waals surface area contributed by atoms with Crippen LogP contribution in [0.4, 0.5) is 0 Å². The van der Waals surface area contributed by atoms with Crippen molar-refractivity contribution in [1.29, 1.82) is 0 Å². The van der Waals surface area contributed by atoms with Crippen LogP contribution in [0.1, 0.15) is 33.4 Å². The summed E-state index contributed by atoms with van der Waals surface area (Å²) in [6.07, 6.45) is 0. The van der Waals surface area contributed by atoms with Gasteiger partial charge in [0.1, 0.15) is 22.7 Å². The highest BCUT2D eigenvalue weighted by molar-refractivity contribution is 9.10. The third-order valence-electron chi connectivity index (χ3n) is 3.62. The molecule has 0 bridgehead atoms. The number of ether oxygens (including phenoxy) is 2. The first kappa shape index (κ1) is 17.2. The number of aryl methyl sites for hydroxylation is 1. The Labute approximate surface area is 152 Å². The van der Waals surface area contributed by atoms with E-state index in [1.807, 2.05) is 6.07 Å². The Morgan fingerprint density at radius 3 is 2.60 bits per heavy atom. The topological polar surface area (TPSA) is 65.7 Å². The highest BCUT2D eigenvalue weighted by atomic mass is 79.9. The maximum Gasteiger partial charge on any atom is 0.344 e. The Bertz CT molecular complexity index is 958. The van der Waals surface area contributed by atoms with E-state index in [0.717, 1.165) is 0 Å². The zero-order chi connectivity index (χ0) is 18.0. The van der Waals surface area contributed by atoms with Gasteiger partial charge in [0.15, 0.2) is 0 Å². The first-order valence-corrected chi connectivity index (χ1v) is 8.47. The molecule has 0 radical (unpaired) electrons. The molecule has 0 N–H and O–H groups in total. The summed E-state index contributed by atoms with van der Waals surface area (Å²) in [5, 5.41) is 0.549. The summed E-state index contributed by atoms with van der Waals surface area (Å²) in [6, 6.07) is 11.9. The van der Waals surface area contributed by atoms with E-state index >= 15 is 0 Å². The number of carbonyl (C=O) groups excluding carboxylic acids is 2. The predicted octanol–water partition coefficient (Wildman–Crippen LogP) is 4.90. The van der Waals surface area contributed by atoms with Gasteiger partial charge in [-0.2, -0.15) is 0 Å². The molecule has 3 aromatic rings. The van der Waals surface area contributed by atoms with E-state index in [1.165, 1.54) is 0 Å². The van der Waals surface area contributed by atoms with E-state index in [4.69, 9.17) is 13.9 Å². The molecule has 25 heavy (non-hydrogen) atoms. The third kappa shape index (κ3) is 3.44. The molecule has 128 valence electrons. The van der Waals surface area contributed by atoms with E-state index < -0.39 is 11.9 Å². The average molecular weight is 403 g/mol. The number of furan rings is 1. The fraction of sp³-hybridized carbons (Fsp3) is 0.158. The molecule has 0 atom stereocenters. The van der Waals surface area contributed by atoms with Crippen molar-refractivity contribution in [3.05, 3.63) is 63.8 Å².